The van der Waals surface area contributed by atoms with Crippen molar-refractivity contribution in [2.24, 2.45) is 0 Å². The average Bonchev–Trinajstić information content (AvgIpc) is 2.29. The quantitative estimate of drug-likeness (QED) is 0.742. The van der Waals surface area contributed by atoms with Crippen molar-refractivity contribution in [3.05, 3.63) is 35.4 Å². The van der Waals surface area contributed by atoms with E-state index in [0.717, 1.165) is 25.7 Å². The number of aryl methyl sites for hydroxylation is 1. The van der Waals surface area contributed by atoms with Gasteiger partial charge in [-0.15, -0.1) is 0 Å². The highest BCUT2D eigenvalue weighted by molar-refractivity contribution is 7.79. The minimum Gasteiger partial charge on any atom is -0.772 e. The molecule has 3 heteroatoms. The first kappa shape index (κ1) is 11.8. The molecule has 2 rings (SSSR count). The van der Waals surface area contributed by atoms with Gasteiger partial charge in [-0.1, -0.05) is 48.2 Å². The van der Waals surface area contributed by atoms with Crippen molar-refractivity contribution in [3.8, 4) is 0 Å². The number of benzene rings is 1. The maximum absolute atomic E-state index is 11.2. The highest BCUT2D eigenvalue weighted by Gasteiger charge is 2.27. The normalized spacial score (nSPS) is 27.6. The fraction of sp³-hybridized carbons (Fsp3) is 0.538. The van der Waals surface area contributed by atoms with Gasteiger partial charge in [0.05, 0.1) is 0 Å². The van der Waals surface area contributed by atoms with Gasteiger partial charge in [0, 0.05) is 5.25 Å². The first-order chi connectivity index (χ1) is 7.70. The molecule has 0 amide bonds. The Labute approximate surface area is 99.4 Å². The number of rotatable bonds is 2. The van der Waals surface area contributed by atoms with Gasteiger partial charge < -0.3 is 4.55 Å². The standard InChI is InChI=1S/C13H18O2S/c1-10-6-2-3-7-11(10)12-8-4-5-9-13(12)16(14)15/h2-3,6-7,12-13H,4-5,8-9H2,1H3,(H,14,15)/p-1. The van der Waals surface area contributed by atoms with Crippen molar-refractivity contribution in [3.63, 3.8) is 0 Å². The fourth-order valence-corrected chi connectivity index (χ4v) is 3.60. The van der Waals surface area contributed by atoms with Crippen molar-refractivity contribution >= 4 is 11.1 Å². The summed E-state index contributed by atoms with van der Waals surface area (Å²) in [6, 6.07) is 8.15. The van der Waals surface area contributed by atoms with Crippen molar-refractivity contribution in [2.45, 2.75) is 43.8 Å². The van der Waals surface area contributed by atoms with Crippen LogP contribution in [0.15, 0.2) is 24.3 Å². The molecule has 1 aliphatic rings. The smallest absolute Gasteiger partial charge is 0.0284 e. The zero-order chi connectivity index (χ0) is 11.5. The lowest BCUT2D eigenvalue weighted by Crippen LogP contribution is -2.27. The van der Waals surface area contributed by atoms with Crippen LogP contribution in [-0.2, 0) is 11.1 Å². The van der Waals surface area contributed by atoms with Gasteiger partial charge >= 0.3 is 0 Å². The van der Waals surface area contributed by atoms with Gasteiger partial charge in [0.2, 0.25) is 0 Å². The van der Waals surface area contributed by atoms with Crippen LogP contribution in [0.25, 0.3) is 0 Å². The summed E-state index contributed by atoms with van der Waals surface area (Å²) in [5, 5.41) is -0.185. The summed E-state index contributed by atoms with van der Waals surface area (Å²) in [7, 11) is 0. The molecule has 0 bridgehead atoms. The fourth-order valence-electron chi connectivity index (χ4n) is 2.69. The lowest BCUT2D eigenvalue weighted by molar-refractivity contribution is 0.419. The van der Waals surface area contributed by atoms with E-state index in [1.54, 1.807) is 0 Å². The van der Waals surface area contributed by atoms with E-state index in [4.69, 9.17) is 0 Å². The molecule has 88 valence electrons. The van der Waals surface area contributed by atoms with Crippen LogP contribution in [0.4, 0.5) is 0 Å². The van der Waals surface area contributed by atoms with Gasteiger partial charge in [-0.05, 0) is 36.8 Å². The van der Waals surface area contributed by atoms with E-state index < -0.39 is 11.1 Å². The molecule has 0 radical (unpaired) electrons. The van der Waals surface area contributed by atoms with Crippen molar-refractivity contribution in [1.29, 1.82) is 0 Å². The summed E-state index contributed by atoms with van der Waals surface area (Å²) in [5.41, 5.74) is 2.43. The third-order valence-corrected chi connectivity index (χ3v) is 4.60. The molecule has 16 heavy (non-hydrogen) atoms. The molecule has 0 saturated heterocycles. The second kappa shape index (κ2) is 5.11. The summed E-state index contributed by atoms with van der Waals surface area (Å²) in [6.07, 6.45) is 4.01. The second-order valence-corrected chi connectivity index (χ2v) is 5.67. The minimum atomic E-state index is -1.94. The zero-order valence-corrected chi connectivity index (χ0v) is 10.3. The molecule has 1 saturated carbocycles. The molecular formula is C13H17O2S-. The molecular weight excluding hydrogens is 220 g/mol. The molecule has 3 atom stereocenters. The molecule has 2 nitrogen and oxygen atoms in total. The molecule has 1 fully saturated rings. The van der Waals surface area contributed by atoms with Crippen LogP contribution in [0, 0.1) is 6.92 Å². The number of hydrogen-bond donors (Lipinski definition) is 0. The Balaban J connectivity index is 2.30. The third-order valence-electron chi connectivity index (χ3n) is 3.54. The van der Waals surface area contributed by atoms with Crippen LogP contribution in [0.2, 0.25) is 0 Å². The predicted octanol–water partition coefficient (Wildman–Crippen LogP) is 2.90. The van der Waals surface area contributed by atoms with E-state index in [-0.39, 0.29) is 11.2 Å². The predicted molar refractivity (Wildman–Crippen MR) is 65.1 cm³/mol. The van der Waals surface area contributed by atoms with E-state index in [9.17, 15) is 8.76 Å². The van der Waals surface area contributed by atoms with Gasteiger partial charge in [0.25, 0.3) is 0 Å². The van der Waals surface area contributed by atoms with Crippen molar-refractivity contribution < 1.29 is 8.76 Å². The Morgan fingerprint density at radius 2 is 1.94 bits per heavy atom. The van der Waals surface area contributed by atoms with Crippen LogP contribution in [0.5, 0.6) is 0 Å². The molecule has 0 spiro atoms. The first-order valence-corrected chi connectivity index (χ1v) is 6.97. The van der Waals surface area contributed by atoms with E-state index in [0.29, 0.717) is 0 Å². The van der Waals surface area contributed by atoms with Crippen LogP contribution < -0.4 is 0 Å². The van der Waals surface area contributed by atoms with E-state index in [1.165, 1.54) is 11.1 Å². The third kappa shape index (κ3) is 2.36. The van der Waals surface area contributed by atoms with Crippen LogP contribution >= 0.6 is 0 Å². The van der Waals surface area contributed by atoms with E-state index in [2.05, 4.69) is 19.1 Å². The SMILES string of the molecule is Cc1ccccc1C1CCCCC1S(=O)[O-]. The van der Waals surface area contributed by atoms with Gasteiger partial charge in [-0.3, -0.25) is 4.21 Å². The highest BCUT2D eigenvalue weighted by atomic mass is 32.2. The van der Waals surface area contributed by atoms with Crippen LogP contribution in [0.1, 0.15) is 42.7 Å². The first-order valence-electron chi connectivity index (χ1n) is 5.83. The Morgan fingerprint density at radius 3 is 2.62 bits per heavy atom. The Hall–Kier alpha value is -0.670. The van der Waals surface area contributed by atoms with Crippen molar-refractivity contribution in [1.82, 2.24) is 0 Å². The van der Waals surface area contributed by atoms with Gasteiger partial charge in [0.1, 0.15) is 0 Å². The molecule has 3 unspecified atom stereocenters. The highest BCUT2D eigenvalue weighted by Crippen LogP contribution is 2.36. The Morgan fingerprint density at radius 1 is 1.25 bits per heavy atom. The summed E-state index contributed by atoms with van der Waals surface area (Å²) in [6.45, 7) is 2.06. The maximum atomic E-state index is 11.2. The maximum Gasteiger partial charge on any atom is 0.0284 e. The molecule has 0 aromatic heterocycles. The molecule has 0 aliphatic heterocycles. The van der Waals surface area contributed by atoms with Crippen LogP contribution in [0.3, 0.4) is 0 Å². The zero-order valence-electron chi connectivity index (χ0n) is 9.52. The summed E-state index contributed by atoms with van der Waals surface area (Å²) in [5.74, 6) is 0.202. The lowest BCUT2D eigenvalue weighted by Gasteiger charge is -2.34. The number of hydrogen-bond acceptors (Lipinski definition) is 2. The summed E-state index contributed by atoms with van der Waals surface area (Å²) >= 11 is -1.94. The monoisotopic (exact) mass is 237 g/mol. The largest absolute Gasteiger partial charge is 0.772 e. The van der Waals surface area contributed by atoms with Gasteiger partial charge in [-0.2, -0.15) is 0 Å². The van der Waals surface area contributed by atoms with Crippen LogP contribution in [-0.4, -0.2) is 14.0 Å². The van der Waals surface area contributed by atoms with Crippen molar-refractivity contribution in [2.75, 3.05) is 0 Å². The Kier molecular flexibility index (Phi) is 3.77. The van der Waals surface area contributed by atoms with Gasteiger partial charge in [-0.25, -0.2) is 0 Å². The topological polar surface area (TPSA) is 40.1 Å². The minimum absolute atomic E-state index is 0.185. The van der Waals surface area contributed by atoms with Gasteiger partial charge in [0.15, 0.2) is 0 Å². The van der Waals surface area contributed by atoms with E-state index >= 15 is 0 Å². The summed E-state index contributed by atoms with van der Waals surface area (Å²) in [4.78, 5) is 0. The molecule has 1 aromatic carbocycles. The lowest BCUT2D eigenvalue weighted by atomic mass is 9.82. The molecule has 0 heterocycles. The Bertz CT molecular complexity index is 389. The molecule has 1 aliphatic carbocycles. The average molecular weight is 237 g/mol. The summed E-state index contributed by atoms with van der Waals surface area (Å²) < 4.78 is 22.5. The molecule has 1 aromatic rings. The molecule has 0 N–H and O–H groups in total. The van der Waals surface area contributed by atoms with E-state index in [1.807, 2.05) is 12.1 Å². The second-order valence-electron chi connectivity index (χ2n) is 4.55.